The van der Waals surface area contributed by atoms with Crippen LogP contribution in [0, 0.1) is 17.1 Å². The molecule has 19 heavy (non-hydrogen) atoms. The molecule has 100 valence electrons. The van der Waals surface area contributed by atoms with E-state index in [0.717, 1.165) is 25.7 Å². The van der Waals surface area contributed by atoms with Gasteiger partial charge in [0, 0.05) is 24.2 Å². The molecule has 3 rings (SSSR count). The van der Waals surface area contributed by atoms with Gasteiger partial charge in [0.05, 0.1) is 17.7 Å². The maximum absolute atomic E-state index is 13.9. The van der Waals surface area contributed by atoms with Gasteiger partial charge in [0.15, 0.2) is 0 Å². The predicted octanol–water partition coefficient (Wildman–Crippen LogP) is 2.19. The van der Waals surface area contributed by atoms with E-state index in [4.69, 9.17) is 5.26 Å². The van der Waals surface area contributed by atoms with Crippen LogP contribution < -0.4 is 0 Å². The van der Waals surface area contributed by atoms with Crippen molar-refractivity contribution in [1.29, 1.82) is 5.26 Å². The number of hydrogen-bond acceptors (Lipinski definition) is 3. The van der Waals surface area contributed by atoms with Crippen molar-refractivity contribution in [2.75, 3.05) is 0 Å². The first-order chi connectivity index (χ1) is 9.17. The molecule has 3 nitrogen and oxygen atoms in total. The van der Waals surface area contributed by atoms with Crippen LogP contribution in [0.2, 0.25) is 0 Å². The molecule has 2 aliphatic heterocycles. The van der Waals surface area contributed by atoms with Gasteiger partial charge in [-0.25, -0.2) is 4.39 Å². The third kappa shape index (κ3) is 2.36. The normalized spacial score (nSPS) is 30.3. The second-order valence-electron chi connectivity index (χ2n) is 5.60. The Morgan fingerprint density at radius 2 is 2.00 bits per heavy atom. The Balaban J connectivity index is 1.77. The average molecular weight is 260 g/mol. The topological polar surface area (TPSA) is 47.3 Å². The van der Waals surface area contributed by atoms with E-state index in [0.29, 0.717) is 29.8 Å². The van der Waals surface area contributed by atoms with E-state index in [1.807, 2.05) is 6.07 Å². The number of aliphatic hydroxyl groups excluding tert-OH is 1. The van der Waals surface area contributed by atoms with Crippen LogP contribution >= 0.6 is 0 Å². The first kappa shape index (κ1) is 12.6. The van der Waals surface area contributed by atoms with Gasteiger partial charge in [-0.1, -0.05) is 6.07 Å². The van der Waals surface area contributed by atoms with Crippen molar-refractivity contribution >= 4 is 0 Å². The highest BCUT2D eigenvalue weighted by atomic mass is 19.1. The zero-order valence-corrected chi connectivity index (χ0v) is 10.7. The molecule has 1 N–H and O–H groups in total. The summed E-state index contributed by atoms with van der Waals surface area (Å²) < 4.78 is 13.9. The highest BCUT2D eigenvalue weighted by Gasteiger charge is 2.40. The van der Waals surface area contributed by atoms with Crippen molar-refractivity contribution in [3.63, 3.8) is 0 Å². The van der Waals surface area contributed by atoms with Crippen molar-refractivity contribution in [3.05, 3.63) is 35.1 Å². The smallest absolute Gasteiger partial charge is 0.129 e. The van der Waals surface area contributed by atoms with Gasteiger partial charge >= 0.3 is 0 Å². The van der Waals surface area contributed by atoms with Crippen molar-refractivity contribution in [3.8, 4) is 6.07 Å². The van der Waals surface area contributed by atoms with Crippen LogP contribution in [0.25, 0.3) is 0 Å². The summed E-state index contributed by atoms with van der Waals surface area (Å²) in [5, 5.41) is 18.5. The van der Waals surface area contributed by atoms with E-state index < -0.39 is 0 Å². The fraction of sp³-hybridized carbons (Fsp3) is 0.533. The van der Waals surface area contributed by atoms with Crippen LogP contribution in [0.1, 0.15) is 36.8 Å². The van der Waals surface area contributed by atoms with Crippen LogP contribution in [0.3, 0.4) is 0 Å². The minimum atomic E-state index is -0.301. The molecule has 2 heterocycles. The minimum Gasteiger partial charge on any atom is -0.393 e. The lowest BCUT2D eigenvalue weighted by Crippen LogP contribution is -2.44. The number of benzene rings is 1. The lowest BCUT2D eigenvalue weighted by molar-refractivity contribution is 0.0305. The number of nitrogens with zero attached hydrogens (tertiary/aromatic N) is 2. The molecule has 0 aromatic heterocycles. The van der Waals surface area contributed by atoms with E-state index in [-0.39, 0.29) is 11.9 Å². The number of nitriles is 1. The summed E-state index contributed by atoms with van der Waals surface area (Å²) in [6.07, 6.45) is 3.60. The zero-order valence-electron chi connectivity index (χ0n) is 10.7. The minimum absolute atomic E-state index is 0.195. The van der Waals surface area contributed by atoms with Gasteiger partial charge in [-0.15, -0.1) is 0 Å². The molecule has 0 amide bonds. The number of hydrogen-bond donors (Lipinski definition) is 1. The van der Waals surface area contributed by atoms with Crippen molar-refractivity contribution in [1.82, 2.24) is 4.90 Å². The highest BCUT2D eigenvalue weighted by Crippen LogP contribution is 2.37. The Kier molecular flexibility index (Phi) is 3.26. The maximum Gasteiger partial charge on any atom is 0.129 e. The van der Waals surface area contributed by atoms with Crippen molar-refractivity contribution < 1.29 is 9.50 Å². The zero-order chi connectivity index (χ0) is 13.4. The Morgan fingerprint density at radius 1 is 1.32 bits per heavy atom. The Hall–Kier alpha value is -1.44. The first-order valence-corrected chi connectivity index (χ1v) is 6.79. The summed E-state index contributed by atoms with van der Waals surface area (Å²) in [5.74, 6) is -0.301. The molecule has 1 aromatic carbocycles. The summed E-state index contributed by atoms with van der Waals surface area (Å²) in [6, 6.07) is 7.38. The van der Waals surface area contributed by atoms with Gasteiger partial charge in [-0.2, -0.15) is 5.26 Å². The number of rotatable bonds is 2. The second-order valence-corrected chi connectivity index (χ2v) is 5.60. The van der Waals surface area contributed by atoms with Gasteiger partial charge in [-0.05, 0) is 37.8 Å². The van der Waals surface area contributed by atoms with E-state index in [1.54, 1.807) is 12.1 Å². The number of piperidine rings is 1. The predicted molar refractivity (Wildman–Crippen MR) is 68.7 cm³/mol. The lowest BCUT2D eigenvalue weighted by atomic mass is 9.99. The molecule has 0 aliphatic carbocycles. The molecule has 1 aromatic rings. The average Bonchev–Trinajstić information content (AvgIpc) is 2.63. The van der Waals surface area contributed by atoms with E-state index >= 15 is 0 Å². The van der Waals surface area contributed by atoms with Crippen LogP contribution in [-0.4, -0.2) is 28.2 Å². The Bertz CT molecular complexity index is 511. The molecule has 2 atom stereocenters. The maximum atomic E-state index is 13.9. The number of fused-ring (bicyclic) bond motifs is 2. The van der Waals surface area contributed by atoms with Crippen LogP contribution in [0.4, 0.5) is 4.39 Å². The van der Waals surface area contributed by atoms with Gasteiger partial charge in [0.1, 0.15) is 5.82 Å². The van der Waals surface area contributed by atoms with Gasteiger partial charge in [0.25, 0.3) is 0 Å². The molecule has 0 radical (unpaired) electrons. The third-order valence-electron chi connectivity index (χ3n) is 4.39. The lowest BCUT2D eigenvalue weighted by Gasteiger charge is -2.37. The SMILES string of the molecule is N#Cc1ccc(CN2C3CCC2CC(O)C3)c(F)c1. The molecule has 2 aliphatic rings. The fourth-order valence-electron chi connectivity index (χ4n) is 3.45. The third-order valence-corrected chi connectivity index (χ3v) is 4.39. The largest absolute Gasteiger partial charge is 0.393 e. The monoisotopic (exact) mass is 260 g/mol. The molecule has 4 heteroatoms. The first-order valence-electron chi connectivity index (χ1n) is 6.79. The second kappa shape index (κ2) is 4.92. The molecular weight excluding hydrogens is 243 g/mol. The van der Waals surface area contributed by atoms with Gasteiger partial charge in [-0.3, -0.25) is 4.90 Å². The van der Waals surface area contributed by atoms with Crippen LogP contribution in [-0.2, 0) is 6.54 Å². The van der Waals surface area contributed by atoms with Crippen LogP contribution in [0.5, 0.6) is 0 Å². The van der Waals surface area contributed by atoms with Gasteiger partial charge < -0.3 is 5.11 Å². The standard InChI is InChI=1S/C15H17FN2O/c16-15-5-10(8-17)1-2-11(15)9-18-12-3-4-13(18)7-14(19)6-12/h1-2,5,12-14,19H,3-4,6-7,9H2. The van der Waals surface area contributed by atoms with E-state index in [1.165, 1.54) is 6.07 Å². The van der Waals surface area contributed by atoms with E-state index in [2.05, 4.69) is 4.90 Å². The molecule has 2 bridgehead atoms. The molecule has 2 fully saturated rings. The fourth-order valence-corrected chi connectivity index (χ4v) is 3.45. The quantitative estimate of drug-likeness (QED) is 0.886. The Labute approximate surface area is 112 Å². The summed E-state index contributed by atoms with van der Waals surface area (Å²) >= 11 is 0. The molecular formula is C15H17FN2O. The molecule has 0 saturated carbocycles. The summed E-state index contributed by atoms with van der Waals surface area (Å²) in [6.45, 7) is 0.583. The highest BCUT2D eigenvalue weighted by molar-refractivity contribution is 5.33. The molecule has 2 saturated heterocycles. The van der Waals surface area contributed by atoms with Crippen molar-refractivity contribution in [2.45, 2.75) is 50.4 Å². The van der Waals surface area contributed by atoms with E-state index in [9.17, 15) is 9.50 Å². The van der Waals surface area contributed by atoms with Crippen LogP contribution in [0.15, 0.2) is 18.2 Å². The van der Waals surface area contributed by atoms with Gasteiger partial charge in [0.2, 0.25) is 0 Å². The summed E-state index contributed by atoms with van der Waals surface area (Å²) in [5.41, 5.74) is 1.01. The summed E-state index contributed by atoms with van der Waals surface area (Å²) in [4.78, 5) is 2.32. The Morgan fingerprint density at radius 3 is 2.58 bits per heavy atom. The molecule has 2 unspecified atom stereocenters. The van der Waals surface area contributed by atoms with Crippen molar-refractivity contribution in [2.24, 2.45) is 0 Å². The number of halogens is 1. The summed E-state index contributed by atoms with van der Waals surface area (Å²) in [7, 11) is 0. The molecule has 0 spiro atoms. The number of aliphatic hydroxyl groups is 1.